The zero-order valence-electron chi connectivity index (χ0n) is 12.5. The molecule has 1 aromatic rings. The second kappa shape index (κ2) is 6.80. The van der Waals surface area contributed by atoms with E-state index in [1.807, 2.05) is 11.8 Å². The Morgan fingerprint density at radius 3 is 2.43 bits per heavy atom. The molecule has 0 amide bonds. The third-order valence-corrected chi connectivity index (χ3v) is 5.55. The van der Waals surface area contributed by atoms with Gasteiger partial charge in [0.15, 0.2) is 9.84 Å². The second-order valence-corrected chi connectivity index (χ2v) is 7.75. The Morgan fingerprint density at radius 1 is 1.38 bits per heavy atom. The molecule has 21 heavy (non-hydrogen) atoms. The number of nitrogens with two attached hydrogens (primary N) is 1. The second-order valence-electron chi connectivity index (χ2n) is 5.07. The fraction of sp³-hybridized carbons (Fsp3) is 0.500. The zero-order valence-corrected chi connectivity index (χ0v) is 13.4. The monoisotopic (exact) mass is 314 g/mol. The summed E-state index contributed by atoms with van der Waals surface area (Å²) in [6.07, 6.45) is 0. The minimum absolute atomic E-state index is 0.0403. The largest absolute Gasteiger partial charge is 0.478 e. The molecule has 0 spiro atoms. The molecule has 3 N–H and O–H groups in total. The van der Waals surface area contributed by atoms with Crippen LogP contribution in [0.3, 0.4) is 0 Å². The van der Waals surface area contributed by atoms with Crippen LogP contribution in [-0.2, 0) is 9.84 Å². The van der Waals surface area contributed by atoms with Crippen LogP contribution in [0.5, 0.6) is 0 Å². The van der Waals surface area contributed by atoms with E-state index in [0.29, 0.717) is 24.5 Å². The Bertz CT molecular complexity index is 611. The van der Waals surface area contributed by atoms with Crippen LogP contribution in [-0.4, -0.2) is 43.6 Å². The van der Waals surface area contributed by atoms with Gasteiger partial charge in [-0.05, 0) is 39.0 Å². The normalized spacial score (nSPS) is 11.6. The number of rotatable bonds is 7. The molecule has 0 aliphatic heterocycles. The maximum Gasteiger partial charge on any atom is 0.335 e. The van der Waals surface area contributed by atoms with E-state index in [4.69, 9.17) is 10.8 Å². The van der Waals surface area contributed by atoms with Gasteiger partial charge >= 0.3 is 5.97 Å². The van der Waals surface area contributed by atoms with Crippen LogP contribution in [0, 0.1) is 0 Å². The van der Waals surface area contributed by atoms with Gasteiger partial charge in [0, 0.05) is 13.1 Å². The zero-order chi connectivity index (χ0) is 16.2. The topological polar surface area (TPSA) is 101 Å². The van der Waals surface area contributed by atoms with E-state index in [-0.39, 0.29) is 11.3 Å². The van der Waals surface area contributed by atoms with Gasteiger partial charge in [-0.1, -0.05) is 0 Å². The standard InChI is InChI=1S/C14H22N2O4S/c1-4-16(7-8-21(19,20)10(2)3)13-6-5-11(14(17)18)9-12(13)15/h5-6,9-10H,4,7-8,15H2,1-3H3,(H,17,18). The van der Waals surface area contributed by atoms with Gasteiger partial charge in [-0.25, -0.2) is 13.2 Å². The summed E-state index contributed by atoms with van der Waals surface area (Å²) in [5.41, 5.74) is 6.98. The van der Waals surface area contributed by atoms with Crippen LogP contribution in [0.15, 0.2) is 18.2 Å². The van der Waals surface area contributed by atoms with Crippen LogP contribution in [0.4, 0.5) is 11.4 Å². The number of sulfone groups is 1. The Balaban J connectivity index is 2.93. The van der Waals surface area contributed by atoms with Crippen molar-refractivity contribution in [1.82, 2.24) is 0 Å². The van der Waals surface area contributed by atoms with Gasteiger partial charge in [0.2, 0.25) is 0 Å². The molecule has 0 radical (unpaired) electrons. The maximum atomic E-state index is 11.9. The summed E-state index contributed by atoms with van der Waals surface area (Å²) in [6, 6.07) is 4.47. The number of aromatic carboxylic acids is 1. The first kappa shape index (κ1) is 17.3. The molecule has 0 aliphatic carbocycles. The molecule has 7 heteroatoms. The van der Waals surface area contributed by atoms with E-state index in [2.05, 4.69) is 0 Å². The van der Waals surface area contributed by atoms with E-state index in [0.717, 1.165) is 0 Å². The average molecular weight is 314 g/mol. The predicted molar refractivity (Wildman–Crippen MR) is 84.6 cm³/mol. The first-order chi connectivity index (χ1) is 9.69. The predicted octanol–water partition coefficient (Wildman–Crippen LogP) is 1.62. The molecular weight excluding hydrogens is 292 g/mol. The fourth-order valence-electron chi connectivity index (χ4n) is 1.90. The van der Waals surface area contributed by atoms with Crippen LogP contribution < -0.4 is 10.6 Å². The third-order valence-electron chi connectivity index (χ3n) is 3.36. The molecule has 0 aliphatic rings. The van der Waals surface area contributed by atoms with Crippen molar-refractivity contribution < 1.29 is 18.3 Å². The summed E-state index contributed by atoms with van der Waals surface area (Å²) in [4.78, 5) is 12.7. The van der Waals surface area contributed by atoms with Crippen LogP contribution in [0.1, 0.15) is 31.1 Å². The number of hydrogen-bond acceptors (Lipinski definition) is 5. The smallest absolute Gasteiger partial charge is 0.335 e. The van der Waals surface area contributed by atoms with Crippen molar-refractivity contribution in [2.75, 3.05) is 29.5 Å². The molecule has 0 fully saturated rings. The highest BCUT2D eigenvalue weighted by molar-refractivity contribution is 7.92. The number of hydrogen-bond donors (Lipinski definition) is 2. The van der Waals surface area contributed by atoms with E-state index in [1.165, 1.54) is 12.1 Å². The highest BCUT2D eigenvalue weighted by Gasteiger charge is 2.18. The molecule has 0 saturated carbocycles. The summed E-state index contributed by atoms with van der Waals surface area (Å²) in [6.45, 7) is 6.12. The van der Waals surface area contributed by atoms with Crippen molar-refractivity contribution >= 4 is 27.2 Å². The highest BCUT2D eigenvalue weighted by Crippen LogP contribution is 2.24. The lowest BCUT2D eigenvalue weighted by atomic mass is 10.1. The molecule has 1 aromatic carbocycles. The average Bonchev–Trinajstić information content (AvgIpc) is 2.40. The van der Waals surface area contributed by atoms with E-state index in [9.17, 15) is 13.2 Å². The van der Waals surface area contributed by atoms with Crippen LogP contribution in [0.2, 0.25) is 0 Å². The first-order valence-corrected chi connectivity index (χ1v) is 8.50. The van der Waals surface area contributed by atoms with Crippen LogP contribution >= 0.6 is 0 Å². The van der Waals surface area contributed by atoms with Gasteiger partial charge in [-0.3, -0.25) is 0 Å². The third kappa shape index (κ3) is 4.35. The van der Waals surface area contributed by atoms with Crippen molar-refractivity contribution in [3.05, 3.63) is 23.8 Å². The molecule has 118 valence electrons. The van der Waals surface area contributed by atoms with Crippen LogP contribution in [0.25, 0.3) is 0 Å². The summed E-state index contributed by atoms with van der Waals surface area (Å²) in [5.74, 6) is -1.00. The van der Waals surface area contributed by atoms with E-state index < -0.39 is 21.1 Å². The highest BCUT2D eigenvalue weighted by atomic mass is 32.2. The van der Waals surface area contributed by atoms with Crippen molar-refractivity contribution in [2.45, 2.75) is 26.0 Å². The summed E-state index contributed by atoms with van der Waals surface area (Å²) >= 11 is 0. The van der Waals surface area contributed by atoms with Gasteiger partial charge in [-0.2, -0.15) is 0 Å². The SMILES string of the molecule is CCN(CCS(=O)(=O)C(C)C)c1ccc(C(=O)O)cc1N. The number of benzene rings is 1. The lowest BCUT2D eigenvalue weighted by Crippen LogP contribution is -2.32. The molecule has 0 saturated heterocycles. The summed E-state index contributed by atoms with van der Waals surface area (Å²) < 4.78 is 23.7. The molecule has 0 unspecified atom stereocenters. The van der Waals surface area contributed by atoms with Gasteiger partial charge in [0.1, 0.15) is 0 Å². The molecular formula is C14H22N2O4S. The molecule has 0 heterocycles. The lowest BCUT2D eigenvalue weighted by Gasteiger charge is -2.25. The van der Waals surface area contributed by atoms with Crippen molar-refractivity contribution in [3.8, 4) is 0 Å². The van der Waals surface area contributed by atoms with E-state index in [1.54, 1.807) is 19.9 Å². The Labute approximate surface area is 125 Å². The minimum Gasteiger partial charge on any atom is -0.478 e. The fourth-order valence-corrected chi connectivity index (χ4v) is 2.84. The number of anilines is 2. The molecule has 6 nitrogen and oxygen atoms in total. The van der Waals surface area contributed by atoms with Gasteiger partial charge in [0.05, 0.1) is 27.9 Å². The maximum absolute atomic E-state index is 11.9. The Kier molecular flexibility index (Phi) is 5.60. The quantitative estimate of drug-likeness (QED) is 0.742. The molecule has 0 aromatic heterocycles. The summed E-state index contributed by atoms with van der Waals surface area (Å²) in [7, 11) is -3.12. The van der Waals surface area contributed by atoms with Gasteiger partial charge < -0.3 is 15.7 Å². The first-order valence-electron chi connectivity index (χ1n) is 6.78. The van der Waals surface area contributed by atoms with Gasteiger partial charge in [-0.15, -0.1) is 0 Å². The Morgan fingerprint density at radius 2 is 2.00 bits per heavy atom. The number of nitrogen functional groups attached to an aromatic ring is 1. The number of carboxylic acid groups (broad SMARTS) is 1. The Hall–Kier alpha value is -1.76. The summed E-state index contributed by atoms with van der Waals surface area (Å²) in [5, 5.41) is 8.50. The molecule has 0 atom stereocenters. The van der Waals surface area contributed by atoms with E-state index >= 15 is 0 Å². The minimum atomic E-state index is -3.12. The number of nitrogens with zero attached hydrogens (tertiary/aromatic N) is 1. The molecule has 0 bridgehead atoms. The number of carboxylic acids is 1. The van der Waals surface area contributed by atoms with Gasteiger partial charge in [0.25, 0.3) is 0 Å². The lowest BCUT2D eigenvalue weighted by molar-refractivity contribution is 0.0697. The van der Waals surface area contributed by atoms with Crippen molar-refractivity contribution in [2.24, 2.45) is 0 Å². The van der Waals surface area contributed by atoms with Crippen molar-refractivity contribution in [3.63, 3.8) is 0 Å². The number of carbonyl (C=O) groups is 1. The molecule has 1 rings (SSSR count). The van der Waals surface area contributed by atoms with Crippen molar-refractivity contribution in [1.29, 1.82) is 0 Å².